The largest absolute Gasteiger partial charge is 0.288 e. The number of hydrogen-bond donors (Lipinski definition) is 1. The summed E-state index contributed by atoms with van der Waals surface area (Å²) < 4.78 is 24.1. The molecule has 0 unspecified atom stereocenters. The van der Waals surface area contributed by atoms with Gasteiger partial charge in [-0.3, -0.25) is 4.79 Å². The van der Waals surface area contributed by atoms with Crippen molar-refractivity contribution in [1.29, 1.82) is 0 Å². The van der Waals surface area contributed by atoms with Crippen LogP contribution in [0.5, 0.6) is 0 Å². The van der Waals surface area contributed by atoms with E-state index in [4.69, 9.17) is 5.14 Å². The van der Waals surface area contributed by atoms with Crippen LogP contribution < -0.4 is 10.6 Å². The van der Waals surface area contributed by atoms with Crippen molar-refractivity contribution in [2.45, 2.75) is 24.7 Å². The average molecular weight is 436 g/mol. The lowest BCUT2D eigenvalue weighted by Crippen LogP contribution is -2.11. The van der Waals surface area contributed by atoms with Gasteiger partial charge >= 0.3 is 0 Å². The zero-order chi connectivity index (χ0) is 21.5. The summed E-state index contributed by atoms with van der Waals surface area (Å²) in [6, 6.07) is 21.9. The van der Waals surface area contributed by atoms with Gasteiger partial charge in [-0.1, -0.05) is 62.4 Å². The Morgan fingerprint density at radius 1 is 0.833 bits per heavy atom. The molecule has 4 aromatic rings. The van der Waals surface area contributed by atoms with E-state index in [0.29, 0.717) is 16.9 Å². The summed E-state index contributed by atoms with van der Waals surface area (Å²) in [5.74, 6) is 0.399. The predicted octanol–water partition coefficient (Wildman–Crippen LogP) is 5.37. The number of rotatable bonds is 4. The first kappa shape index (κ1) is 20.5. The van der Waals surface area contributed by atoms with Gasteiger partial charge in [-0.05, 0) is 46.9 Å². The lowest BCUT2D eigenvalue weighted by Gasteiger charge is -2.13. The van der Waals surface area contributed by atoms with E-state index in [1.807, 2.05) is 48.5 Å². The molecule has 4 nitrogen and oxygen atoms in total. The van der Waals surface area contributed by atoms with Gasteiger partial charge in [0.25, 0.3) is 0 Å². The van der Waals surface area contributed by atoms with Gasteiger partial charge in [0.15, 0.2) is 5.43 Å². The summed E-state index contributed by atoms with van der Waals surface area (Å²) in [5, 5.41) is 5.90. The van der Waals surface area contributed by atoms with E-state index in [0.717, 1.165) is 20.7 Å². The number of nitrogens with two attached hydrogens (primary N) is 1. The Balaban J connectivity index is 1.98. The third-order valence-electron chi connectivity index (χ3n) is 5.11. The molecule has 0 atom stereocenters. The Morgan fingerprint density at radius 3 is 2.03 bits per heavy atom. The van der Waals surface area contributed by atoms with Crippen LogP contribution in [-0.4, -0.2) is 8.42 Å². The summed E-state index contributed by atoms with van der Waals surface area (Å²) in [7, 11) is -3.78. The lowest BCUT2D eigenvalue weighted by molar-refractivity contribution is 0.598. The minimum Gasteiger partial charge on any atom is -0.288 e. The second kappa shape index (κ2) is 7.80. The Labute approximate surface area is 179 Å². The predicted molar refractivity (Wildman–Crippen MR) is 124 cm³/mol. The molecule has 0 aliphatic heterocycles. The molecule has 0 saturated carbocycles. The van der Waals surface area contributed by atoms with Gasteiger partial charge in [-0.25, -0.2) is 13.6 Å². The zero-order valence-corrected chi connectivity index (χ0v) is 18.3. The van der Waals surface area contributed by atoms with Gasteiger partial charge < -0.3 is 0 Å². The summed E-state index contributed by atoms with van der Waals surface area (Å²) in [4.78, 5) is 14.3. The van der Waals surface area contributed by atoms with Crippen LogP contribution in [0.1, 0.15) is 25.3 Å². The van der Waals surface area contributed by atoms with Gasteiger partial charge in [0.05, 0.1) is 4.90 Å². The maximum absolute atomic E-state index is 13.5. The third-order valence-corrected chi connectivity index (χ3v) is 7.26. The fraction of sp³-hybridized carbons (Fsp3) is 0.125. The van der Waals surface area contributed by atoms with Crippen LogP contribution in [0.3, 0.4) is 0 Å². The minimum atomic E-state index is -3.78. The molecule has 30 heavy (non-hydrogen) atoms. The fourth-order valence-electron chi connectivity index (χ4n) is 3.44. The summed E-state index contributed by atoms with van der Waals surface area (Å²) in [6.07, 6.45) is 0. The first-order valence-corrected chi connectivity index (χ1v) is 11.9. The van der Waals surface area contributed by atoms with E-state index < -0.39 is 10.0 Å². The van der Waals surface area contributed by atoms with E-state index in [-0.39, 0.29) is 10.3 Å². The van der Waals surface area contributed by atoms with Gasteiger partial charge in [0.1, 0.15) is 0 Å². The van der Waals surface area contributed by atoms with Gasteiger partial charge in [-0.15, -0.1) is 11.3 Å². The zero-order valence-electron chi connectivity index (χ0n) is 16.6. The van der Waals surface area contributed by atoms with Crippen molar-refractivity contribution >= 4 is 31.4 Å². The highest BCUT2D eigenvalue weighted by molar-refractivity contribution is 7.89. The molecule has 6 heteroatoms. The molecule has 0 amide bonds. The molecule has 0 aliphatic rings. The normalized spacial score (nSPS) is 11.9. The van der Waals surface area contributed by atoms with Gasteiger partial charge in [0, 0.05) is 20.5 Å². The molecule has 2 N–H and O–H groups in total. The standard InChI is InChI=1S/C24H21NO3S2/c1-15(2)16-7-9-17(10-8-16)22-23(26)20-5-3-4-6-21(20)29-24(22)18-11-13-19(14-12-18)30(25,27)28/h3-15H,1-2H3,(H2,25,27,28). The van der Waals surface area contributed by atoms with Gasteiger partial charge in [0.2, 0.25) is 10.0 Å². The highest BCUT2D eigenvalue weighted by Gasteiger charge is 2.17. The topological polar surface area (TPSA) is 77.2 Å². The first-order chi connectivity index (χ1) is 14.3. The van der Waals surface area contributed by atoms with E-state index in [2.05, 4.69) is 13.8 Å². The maximum Gasteiger partial charge on any atom is 0.238 e. The molecule has 1 heterocycles. The number of fused-ring (bicyclic) bond motifs is 1. The molecule has 0 aliphatic carbocycles. The van der Waals surface area contributed by atoms with E-state index >= 15 is 0 Å². The number of sulfonamides is 1. The second-order valence-corrected chi connectivity index (χ2v) is 10.1. The quantitative estimate of drug-likeness (QED) is 0.468. The number of primary sulfonamides is 1. The van der Waals surface area contributed by atoms with Crippen LogP contribution >= 0.6 is 11.3 Å². The molecule has 0 radical (unpaired) electrons. The molecule has 0 bridgehead atoms. The van der Waals surface area contributed by atoms with Crippen molar-refractivity contribution in [3.63, 3.8) is 0 Å². The van der Waals surface area contributed by atoms with Crippen molar-refractivity contribution < 1.29 is 8.42 Å². The van der Waals surface area contributed by atoms with Crippen molar-refractivity contribution in [3.8, 4) is 21.6 Å². The van der Waals surface area contributed by atoms with E-state index in [1.165, 1.54) is 29.0 Å². The highest BCUT2D eigenvalue weighted by atomic mass is 32.2. The van der Waals surface area contributed by atoms with Crippen LogP contribution in [0.4, 0.5) is 0 Å². The fourth-order valence-corrected chi connectivity index (χ4v) is 5.16. The maximum atomic E-state index is 13.5. The molecular formula is C24H21NO3S2. The SMILES string of the molecule is CC(C)c1ccc(-c2c(-c3ccc(S(N)(=O)=O)cc3)sc3ccccc3c2=O)cc1. The Bertz CT molecular complexity index is 1390. The monoisotopic (exact) mass is 435 g/mol. The molecular weight excluding hydrogens is 414 g/mol. The first-order valence-electron chi connectivity index (χ1n) is 9.55. The van der Waals surface area contributed by atoms with Crippen LogP contribution in [0.25, 0.3) is 31.7 Å². The molecule has 0 saturated heterocycles. The number of benzene rings is 3. The average Bonchev–Trinajstić information content (AvgIpc) is 2.73. The molecule has 3 aromatic carbocycles. The van der Waals surface area contributed by atoms with E-state index in [9.17, 15) is 13.2 Å². The Morgan fingerprint density at radius 2 is 1.43 bits per heavy atom. The lowest BCUT2D eigenvalue weighted by atomic mass is 9.96. The van der Waals surface area contributed by atoms with Crippen molar-refractivity contribution in [1.82, 2.24) is 0 Å². The van der Waals surface area contributed by atoms with Crippen LogP contribution in [0, 0.1) is 0 Å². The molecule has 4 rings (SSSR count). The van der Waals surface area contributed by atoms with Crippen molar-refractivity contribution in [2.75, 3.05) is 0 Å². The highest BCUT2D eigenvalue weighted by Crippen LogP contribution is 2.37. The summed E-state index contributed by atoms with van der Waals surface area (Å²) in [5.41, 5.74) is 3.41. The van der Waals surface area contributed by atoms with E-state index in [1.54, 1.807) is 12.1 Å². The van der Waals surface area contributed by atoms with Gasteiger partial charge in [-0.2, -0.15) is 0 Å². The molecule has 1 aromatic heterocycles. The smallest absolute Gasteiger partial charge is 0.238 e. The Kier molecular flexibility index (Phi) is 5.32. The third kappa shape index (κ3) is 3.81. The number of hydrogen-bond acceptors (Lipinski definition) is 4. The minimum absolute atomic E-state index is 0.0350. The van der Waals surface area contributed by atoms with Crippen LogP contribution in [-0.2, 0) is 10.0 Å². The van der Waals surface area contributed by atoms with Crippen molar-refractivity contribution in [3.05, 3.63) is 88.6 Å². The molecule has 0 fully saturated rings. The molecule has 0 spiro atoms. The van der Waals surface area contributed by atoms with Crippen LogP contribution in [0.15, 0.2) is 82.5 Å². The Hall–Kier alpha value is -2.80. The van der Waals surface area contributed by atoms with Crippen molar-refractivity contribution in [2.24, 2.45) is 5.14 Å². The summed E-state index contributed by atoms with van der Waals surface area (Å²) in [6.45, 7) is 4.26. The molecule has 152 valence electrons. The second-order valence-electron chi connectivity index (χ2n) is 7.48. The summed E-state index contributed by atoms with van der Waals surface area (Å²) >= 11 is 1.52. The van der Waals surface area contributed by atoms with Crippen LogP contribution in [0.2, 0.25) is 0 Å².